The molecule has 0 aliphatic rings. The summed E-state index contributed by atoms with van der Waals surface area (Å²) < 4.78 is 14.6. The van der Waals surface area contributed by atoms with Gasteiger partial charge in [0, 0.05) is 40.8 Å². The zero-order valence-electron chi connectivity index (χ0n) is 8.21. The summed E-state index contributed by atoms with van der Waals surface area (Å²) in [6.07, 6.45) is 7.03. The molecular formula is C8H19NdO3P. The van der Waals surface area contributed by atoms with E-state index >= 15 is 0 Å². The normalized spacial score (nSPS) is 12.2. The second-order valence-electron chi connectivity index (χ2n) is 2.88. The molecule has 5 heteroatoms. The van der Waals surface area contributed by atoms with E-state index in [0.29, 0.717) is 6.61 Å². The molecule has 0 amide bonds. The van der Waals surface area contributed by atoms with Gasteiger partial charge in [-0.1, -0.05) is 39.0 Å². The smallest absolute Gasteiger partial charge is 0.316 e. The van der Waals surface area contributed by atoms with Crippen LogP contribution in [0.2, 0.25) is 0 Å². The average Bonchev–Trinajstić information content (AvgIpc) is 2.02. The number of unbranched alkanes of at least 4 members (excludes halogenated alkanes) is 5. The molecule has 0 bridgehead atoms. The minimum absolute atomic E-state index is 0. The summed E-state index contributed by atoms with van der Waals surface area (Å²) >= 11 is 0. The van der Waals surface area contributed by atoms with Crippen LogP contribution in [0.25, 0.3) is 0 Å². The fourth-order valence-electron chi connectivity index (χ4n) is 1.04. The first-order valence-electron chi connectivity index (χ1n) is 4.63. The molecule has 0 radical (unpaired) electrons. The molecule has 0 spiro atoms. The van der Waals surface area contributed by atoms with Crippen LogP contribution in [0.15, 0.2) is 0 Å². The van der Waals surface area contributed by atoms with Crippen molar-refractivity contribution in [2.24, 2.45) is 0 Å². The van der Waals surface area contributed by atoms with Crippen LogP contribution in [0, 0.1) is 40.8 Å². The molecule has 0 aromatic carbocycles. The van der Waals surface area contributed by atoms with E-state index < -0.39 is 8.25 Å². The Morgan fingerprint density at radius 1 is 1.15 bits per heavy atom. The Labute approximate surface area is 114 Å². The fourth-order valence-corrected chi connectivity index (χ4v) is 1.36. The van der Waals surface area contributed by atoms with Crippen molar-refractivity contribution in [3.8, 4) is 0 Å². The van der Waals surface area contributed by atoms with Crippen molar-refractivity contribution in [1.82, 2.24) is 0 Å². The molecule has 0 rings (SSSR count). The molecule has 0 aromatic rings. The fraction of sp³-hybridized carbons (Fsp3) is 1.00. The van der Waals surface area contributed by atoms with Crippen LogP contribution in [-0.4, -0.2) is 11.5 Å². The molecule has 1 unspecified atom stereocenters. The molecule has 0 aliphatic carbocycles. The van der Waals surface area contributed by atoms with E-state index in [9.17, 15) is 4.57 Å². The van der Waals surface area contributed by atoms with Crippen LogP contribution in [0.4, 0.5) is 0 Å². The second kappa shape index (κ2) is 13.5. The molecule has 0 saturated carbocycles. The minimum Gasteiger partial charge on any atom is -0.326 e. The molecule has 1 atom stereocenters. The summed E-state index contributed by atoms with van der Waals surface area (Å²) in [7, 11) is -2.68. The maximum atomic E-state index is 10.1. The summed E-state index contributed by atoms with van der Waals surface area (Å²) in [5.74, 6) is 0. The zero-order chi connectivity index (χ0) is 9.23. The second-order valence-corrected chi connectivity index (χ2v) is 3.70. The van der Waals surface area contributed by atoms with Gasteiger partial charge in [0.15, 0.2) is 0 Å². The molecule has 78 valence electrons. The summed E-state index contributed by atoms with van der Waals surface area (Å²) in [5.41, 5.74) is 0. The van der Waals surface area contributed by atoms with E-state index in [-0.39, 0.29) is 40.8 Å². The zero-order valence-corrected chi connectivity index (χ0v) is 12.4. The predicted octanol–water partition coefficient (Wildman–Crippen LogP) is 2.75. The Hall–Kier alpha value is 1.50. The Balaban J connectivity index is 0. The molecule has 0 aliphatic heterocycles. The van der Waals surface area contributed by atoms with Crippen molar-refractivity contribution in [2.75, 3.05) is 6.61 Å². The van der Waals surface area contributed by atoms with Gasteiger partial charge in [0.05, 0.1) is 6.61 Å². The minimum atomic E-state index is -2.68. The van der Waals surface area contributed by atoms with Crippen molar-refractivity contribution in [1.29, 1.82) is 0 Å². The van der Waals surface area contributed by atoms with E-state index in [2.05, 4.69) is 11.4 Å². The maximum Gasteiger partial charge on any atom is 0.316 e. The van der Waals surface area contributed by atoms with E-state index in [1.54, 1.807) is 0 Å². The quantitative estimate of drug-likeness (QED) is 0.547. The number of rotatable bonds is 8. The monoisotopic (exact) mass is 336 g/mol. The summed E-state index contributed by atoms with van der Waals surface area (Å²) in [6, 6.07) is 0. The molecule has 0 heterocycles. The summed E-state index contributed by atoms with van der Waals surface area (Å²) in [6.45, 7) is 2.61. The maximum absolute atomic E-state index is 10.1. The van der Waals surface area contributed by atoms with Crippen molar-refractivity contribution in [2.45, 2.75) is 45.4 Å². The molecule has 0 aromatic heterocycles. The first-order valence-corrected chi connectivity index (χ1v) is 5.89. The molecule has 1 N–H and O–H groups in total. The SMILES string of the molecule is CCCCCCCCO[PH](=O)O.[Nd]. The first kappa shape index (κ1) is 16.9. The Morgan fingerprint density at radius 3 is 2.23 bits per heavy atom. The molecule has 13 heavy (non-hydrogen) atoms. The van der Waals surface area contributed by atoms with Crippen molar-refractivity contribution in [3.05, 3.63) is 0 Å². The van der Waals surface area contributed by atoms with Gasteiger partial charge in [0.2, 0.25) is 0 Å². The summed E-state index contributed by atoms with van der Waals surface area (Å²) in [5, 5.41) is 0. The van der Waals surface area contributed by atoms with E-state index in [1.807, 2.05) is 0 Å². The van der Waals surface area contributed by atoms with Crippen LogP contribution in [0.1, 0.15) is 45.4 Å². The van der Waals surface area contributed by atoms with Crippen LogP contribution >= 0.6 is 8.25 Å². The van der Waals surface area contributed by atoms with Gasteiger partial charge in [0.25, 0.3) is 0 Å². The van der Waals surface area contributed by atoms with Crippen LogP contribution in [0.5, 0.6) is 0 Å². The van der Waals surface area contributed by atoms with Gasteiger partial charge in [-0.25, -0.2) is 0 Å². The molecule has 0 fully saturated rings. The van der Waals surface area contributed by atoms with Gasteiger partial charge in [-0.15, -0.1) is 0 Å². The van der Waals surface area contributed by atoms with Crippen molar-refractivity contribution >= 4 is 8.25 Å². The third-order valence-electron chi connectivity index (χ3n) is 1.72. The van der Waals surface area contributed by atoms with Gasteiger partial charge < -0.3 is 9.42 Å². The van der Waals surface area contributed by atoms with Crippen LogP contribution < -0.4 is 0 Å². The molecule has 3 nitrogen and oxygen atoms in total. The van der Waals surface area contributed by atoms with Crippen molar-refractivity contribution in [3.63, 3.8) is 0 Å². The first-order chi connectivity index (χ1) is 5.77. The Morgan fingerprint density at radius 2 is 1.69 bits per heavy atom. The van der Waals surface area contributed by atoms with E-state index in [0.717, 1.165) is 12.8 Å². The predicted molar refractivity (Wildman–Crippen MR) is 50.5 cm³/mol. The Kier molecular flexibility index (Phi) is 17.6. The van der Waals surface area contributed by atoms with Crippen LogP contribution in [0.3, 0.4) is 0 Å². The van der Waals surface area contributed by atoms with Crippen LogP contribution in [-0.2, 0) is 9.09 Å². The number of hydrogen-bond acceptors (Lipinski definition) is 2. The van der Waals surface area contributed by atoms with Gasteiger partial charge in [-0.2, -0.15) is 0 Å². The van der Waals surface area contributed by atoms with Gasteiger partial charge in [0.1, 0.15) is 0 Å². The van der Waals surface area contributed by atoms with Crippen molar-refractivity contribution < 1.29 is 54.8 Å². The van der Waals surface area contributed by atoms with E-state index in [4.69, 9.17) is 4.89 Å². The third kappa shape index (κ3) is 16.2. The Bertz CT molecular complexity index is 122. The van der Waals surface area contributed by atoms with E-state index in [1.165, 1.54) is 25.7 Å². The molecular weight excluding hydrogens is 319 g/mol. The van der Waals surface area contributed by atoms with Gasteiger partial charge in [-0.3, -0.25) is 4.57 Å². The largest absolute Gasteiger partial charge is 0.326 e. The molecule has 0 saturated heterocycles. The standard InChI is InChI=1S/C8H19O3P.Nd/c1-2-3-4-5-6-7-8-11-12(9)10;/h12H,2-8H2,1H3,(H,9,10);. The topological polar surface area (TPSA) is 46.5 Å². The summed E-state index contributed by atoms with van der Waals surface area (Å²) in [4.78, 5) is 8.32. The third-order valence-corrected chi connectivity index (χ3v) is 2.17. The van der Waals surface area contributed by atoms with Gasteiger partial charge in [-0.05, 0) is 6.42 Å². The number of hydrogen-bond donors (Lipinski definition) is 1. The van der Waals surface area contributed by atoms with Gasteiger partial charge >= 0.3 is 8.25 Å². The average molecular weight is 338 g/mol.